The number of urea groups is 1. The van der Waals surface area contributed by atoms with Gasteiger partial charge in [0.1, 0.15) is 5.01 Å². The fourth-order valence-electron chi connectivity index (χ4n) is 0.564. The van der Waals surface area contributed by atoms with Crippen molar-refractivity contribution in [1.29, 1.82) is 5.41 Å². The molecule has 69 valence electrons. The van der Waals surface area contributed by atoms with E-state index in [0.29, 0.717) is 5.01 Å². The second-order valence-corrected chi connectivity index (χ2v) is 2.87. The number of amides is 2. The van der Waals surface area contributed by atoms with Crippen molar-refractivity contribution < 1.29 is 4.79 Å². The summed E-state index contributed by atoms with van der Waals surface area (Å²) in [6.07, 6.45) is 0. The summed E-state index contributed by atoms with van der Waals surface area (Å²) < 4.78 is 0. The maximum atomic E-state index is 10.9. The number of carbonyl (C=O) groups is 1. The number of nitrogens with one attached hydrogen (secondary N) is 3. The Bertz CT molecular complexity index is 296. The van der Waals surface area contributed by atoms with E-state index in [1.54, 1.807) is 0 Å². The molecule has 1 aromatic rings. The molecule has 13 heavy (non-hydrogen) atoms. The molecule has 1 heterocycles. The second-order valence-electron chi connectivity index (χ2n) is 2.01. The summed E-state index contributed by atoms with van der Waals surface area (Å²) in [5, 5.41) is 19.0. The standard InChI is InChI=1S/C5H7N6OS/c6-4(7)10-5(12)8-1-3-11-9-2-13-3/h1H2,(H5,6,7,8,10,12). The highest BCUT2D eigenvalue weighted by Crippen LogP contribution is 1.98. The van der Waals surface area contributed by atoms with Crippen LogP contribution in [0, 0.1) is 10.9 Å². The van der Waals surface area contributed by atoms with Crippen LogP contribution in [0.4, 0.5) is 4.79 Å². The van der Waals surface area contributed by atoms with E-state index in [1.807, 2.05) is 0 Å². The first-order chi connectivity index (χ1) is 6.18. The normalized spacial score (nSPS) is 9.23. The van der Waals surface area contributed by atoms with Crippen LogP contribution in [0.5, 0.6) is 0 Å². The van der Waals surface area contributed by atoms with Crippen molar-refractivity contribution in [2.45, 2.75) is 6.54 Å². The molecule has 5 N–H and O–H groups in total. The van der Waals surface area contributed by atoms with Crippen molar-refractivity contribution in [2.24, 2.45) is 5.73 Å². The Kier molecular flexibility index (Phi) is 3.15. The zero-order valence-corrected chi connectivity index (χ0v) is 7.31. The molecule has 0 fully saturated rings. The van der Waals surface area contributed by atoms with Gasteiger partial charge in [-0.1, -0.05) is 11.3 Å². The average molecular weight is 199 g/mol. The lowest BCUT2D eigenvalue weighted by Crippen LogP contribution is -2.42. The molecule has 0 saturated heterocycles. The molecule has 0 aliphatic carbocycles. The number of carbonyl (C=O) groups excluding carboxylic acids is 1. The van der Waals surface area contributed by atoms with Gasteiger partial charge in [0.2, 0.25) is 0 Å². The third kappa shape index (κ3) is 3.47. The van der Waals surface area contributed by atoms with Gasteiger partial charge in [0.05, 0.1) is 6.54 Å². The van der Waals surface area contributed by atoms with Crippen LogP contribution in [0.3, 0.4) is 0 Å². The monoisotopic (exact) mass is 199 g/mol. The maximum Gasteiger partial charge on any atom is 0.321 e. The van der Waals surface area contributed by atoms with Crippen LogP contribution in [-0.2, 0) is 6.54 Å². The van der Waals surface area contributed by atoms with E-state index in [-0.39, 0.29) is 6.54 Å². The van der Waals surface area contributed by atoms with E-state index in [1.165, 1.54) is 11.3 Å². The average Bonchev–Trinajstić information content (AvgIpc) is 2.51. The van der Waals surface area contributed by atoms with Crippen LogP contribution in [-0.4, -0.2) is 22.2 Å². The molecule has 0 unspecified atom stereocenters. The van der Waals surface area contributed by atoms with Crippen molar-refractivity contribution in [3.8, 4) is 0 Å². The highest BCUT2D eigenvalue weighted by atomic mass is 32.1. The van der Waals surface area contributed by atoms with Gasteiger partial charge in [-0.2, -0.15) is 0 Å². The van der Waals surface area contributed by atoms with Crippen LogP contribution in [0.1, 0.15) is 5.01 Å². The largest absolute Gasteiger partial charge is 0.370 e. The molecule has 0 aliphatic rings. The Morgan fingerprint density at radius 3 is 3.08 bits per heavy atom. The molecule has 7 nitrogen and oxygen atoms in total. The van der Waals surface area contributed by atoms with Crippen molar-refractivity contribution in [2.75, 3.05) is 0 Å². The van der Waals surface area contributed by atoms with Gasteiger partial charge in [-0.3, -0.25) is 10.7 Å². The minimum Gasteiger partial charge on any atom is -0.370 e. The molecular weight excluding hydrogens is 192 g/mol. The number of guanidine groups is 1. The molecule has 0 atom stereocenters. The molecule has 0 spiro atoms. The fourth-order valence-corrected chi connectivity index (χ4v) is 0.977. The third-order valence-corrected chi connectivity index (χ3v) is 1.65. The van der Waals surface area contributed by atoms with Gasteiger partial charge >= 0.3 is 6.03 Å². The first kappa shape index (κ1) is 9.39. The summed E-state index contributed by atoms with van der Waals surface area (Å²) >= 11 is 1.21. The predicted molar refractivity (Wildman–Crippen MR) is 46.0 cm³/mol. The van der Waals surface area contributed by atoms with Crippen molar-refractivity contribution in [3.05, 3.63) is 10.5 Å². The summed E-state index contributed by atoms with van der Waals surface area (Å²) in [7, 11) is 0. The maximum absolute atomic E-state index is 10.9. The number of hydrogen-bond donors (Lipinski definition) is 4. The zero-order chi connectivity index (χ0) is 9.68. The second kappa shape index (κ2) is 4.36. The smallest absolute Gasteiger partial charge is 0.321 e. The van der Waals surface area contributed by atoms with Crippen molar-refractivity contribution >= 4 is 23.3 Å². The van der Waals surface area contributed by atoms with E-state index in [2.05, 4.69) is 26.3 Å². The Hall–Kier alpha value is -1.70. The molecule has 1 aromatic heterocycles. The molecule has 8 heteroatoms. The van der Waals surface area contributed by atoms with Crippen molar-refractivity contribution in [3.63, 3.8) is 0 Å². The lowest BCUT2D eigenvalue weighted by atomic mass is 10.7. The molecule has 0 bridgehead atoms. The molecule has 0 saturated carbocycles. The molecule has 0 aliphatic heterocycles. The lowest BCUT2D eigenvalue weighted by Gasteiger charge is -2.02. The minimum absolute atomic E-state index is 0.250. The summed E-state index contributed by atoms with van der Waals surface area (Å²) in [4.78, 5) is 10.9. The van der Waals surface area contributed by atoms with E-state index in [4.69, 9.17) is 11.1 Å². The van der Waals surface area contributed by atoms with Gasteiger partial charge < -0.3 is 11.1 Å². The van der Waals surface area contributed by atoms with E-state index >= 15 is 0 Å². The van der Waals surface area contributed by atoms with Gasteiger partial charge in [0, 0.05) is 0 Å². The van der Waals surface area contributed by atoms with Crippen LogP contribution in [0.2, 0.25) is 0 Å². The highest BCUT2D eigenvalue weighted by molar-refractivity contribution is 7.08. The number of aromatic nitrogens is 2. The predicted octanol–water partition coefficient (Wildman–Crippen LogP) is -0.969. The van der Waals surface area contributed by atoms with Gasteiger partial charge in [0.25, 0.3) is 0 Å². The highest BCUT2D eigenvalue weighted by Gasteiger charge is 2.02. The Morgan fingerprint density at radius 1 is 1.77 bits per heavy atom. The zero-order valence-electron chi connectivity index (χ0n) is 6.50. The minimum atomic E-state index is -0.539. The first-order valence-electron chi connectivity index (χ1n) is 3.26. The van der Waals surface area contributed by atoms with E-state index < -0.39 is 12.0 Å². The molecule has 1 rings (SSSR count). The summed E-state index contributed by atoms with van der Waals surface area (Å²) in [5.41, 5.74) is 7.46. The topological polar surface area (TPSA) is 117 Å². The number of nitrogens with zero attached hydrogens (tertiary/aromatic N) is 2. The van der Waals surface area contributed by atoms with E-state index in [9.17, 15) is 4.79 Å². The SMILES string of the molecule is N=C(N)NC(=O)NCc1nn[c]s1. The summed E-state index contributed by atoms with van der Waals surface area (Å²) in [6.45, 7) is 0.250. The van der Waals surface area contributed by atoms with Gasteiger partial charge in [-0.25, -0.2) is 4.79 Å². The van der Waals surface area contributed by atoms with Gasteiger partial charge in [-0.05, 0) is 0 Å². The van der Waals surface area contributed by atoms with Crippen LogP contribution >= 0.6 is 11.3 Å². The van der Waals surface area contributed by atoms with E-state index in [0.717, 1.165) is 0 Å². The quantitative estimate of drug-likeness (QED) is 0.362. The number of hydrogen-bond acceptors (Lipinski definition) is 5. The molecule has 2 amide bonds. The molecule has 1 radical (unpaired) electrons. The Morgan fingerprint density at radius 2 is 2.54 bits per heavy atom. The summed E-state index contributed by atoms with van der Waals surface area (Å²) in [6, 6.07) is -0.539. The van der Waals surface area contributed by atoms with Crippen LogP contribution < -0.4 is 16.4 Å². The van der Waals surface area contributed by atoms with Gasteiger partial charge in [-0.15, -0.1) is 10.2 Å². The molecule has 0 aromatic carbocycles. The third-order valence-electron chi connectivity index (χ3n) is 1.01. The fraction of sp³-hybridized carbons (Fsp3) is 0.200. The van der Waals surface area contributed by atoms with Crippen LogP contribution in [0.25, 0.3) is 0 Å². The molecular formula is C5H7N6OS. The van der Waals surface area contributed by atoms with Crippen molar-refractivity contribution in [1.82, 2.24) is 20.8 Å². The lowest BCUT2D eigenvalue weighted by molar-refractivity contribution is 0.245. The summed E-state index contributed by atoms with van der Waals surface area (Å²) in [5.74, 6) is -0.402. The van der Waals surface area contributed by atoms with Gasteiger partial charge in [0.15, 0.2) is 11.5 Å². The first-order valence-corrected chi connectivity index (χ1v) is 4.07. The number of rotatable bonds is 2. The number of nitrogens with two attached hydrogens (primary N) is 1. The van der Waals surface area contributed by atoms with Crippen LogP contribution in [0.15, 0.2) is 0 Å². The Labute approximate surface area is 77.9 Å². The Balaban J connectivity index is 2.27.